The predicted molar refractivity (Wildman–Crippen MR) is 316 cm³/mol. The van der Waals surface area contributed by atoms with Gasteiger partial charge in [0.05, 0.1) is 58.3 Å². The lowest BCUT2D eigenvalue weighted by Crippen LogP contribution is -2.58. The molecule has 0 bridgehead atoms. The Bertz CT molecular complexity index is 3400. The summed E-state index contributed by atoms with van der Waals surface area (Å²) in [6.07, 6.45) is 2.17. The number of fused-ring (bicyclic) bond motifs is 2. The third kappa shape index (κ3) is 13.3. The summed E-state index contributed by atoms with van der Waals surface area (Å²) in [6, 6.07) is 19.3. The highest BCUT2D eigenvalue weighted by Gasteiger charge is 2.45. The summed E-state index contributed by atoms with van der Waals surface area (Å²) in [4.78, 5) is 78.8. The molecule has 4 N–H and O–H groups in total. The van der Waals surface area contributed by atoms with Crippen LogP contribution in [0.3, 0.4) is 0 Å². The topological polar surface area (TPSA) is 221 Å². The number of nitrogens with zero attached hydrogens (tertiary/aromatic N) is 9. The highest BCUT2D eigenvalue weighted by Crippen LogP contribution is 2.43. The number of anilines is 1. The number of nitriles is 1. The normalized spacial score (nSPS) is 18.8. The van der Waals surface area contributed by atoms with Gasteiger partial charge in [0.25, 0.3) is 0 Å². The Morgan fingerprint density at radius 2 is 1.76 bits per heavy atom. The smallest absolute Gasteiger partial charge is 0.319 e. The van der Waals surface area contributed by atoms with Crippen molar-refractivity contribution in [3.05, 3.63) is 107 Å². The van der Waals surface area contributed by atoms with E-state index in [-0.39, 0.29) is 103 Å². The number of hydrogen-bond donors (Lipinski definition) is 4. The number of piperidine rings is 1. The number of aromatic hydroxyl groups is 1. The van der Waals surface area contributed by atoms with Crippen molar-refractivity contribution in [3.63, 3.8) is 0 Å². The molecule has 9 rings (SSSR count). The Morgan fingerprint density at radius 1 is 1.01 bits per heavy atom. The molecule has 82 heavy (non-hydrogen) atoms. The minimum absolute atomic E-state index is 0.0264. The average molecular weight is 1160 g/mol. The van der Waals surface area contributed by atoms with E-state index in [9.17, 15) is 34.7 Å². The van der Waals surface area contributed by atoms with Gasteiger partial charge in [-0.15, -0.1) is 11.3 Å². The van der Waals surface area contributed by atoms with Gasteiger partial charge in [0.2, 0.25) is 23.6 Å². The number of hydrogen-bond acceptors (Lipinski definition) is 15. The molecule has 3 aliphatic heterocycles. The number of aliphatic hydroxyl groups excluding tert-OH is 1. The molecular weight excluding hydrogens is 1090 g/mol. The Labute approximate surface area is 486 Å². The fraction of sp³-hybridized carbons (Fsp3) is 0.443. The van der Waals surface area contributed by atoms with Gasteiger partial charge in [0.1, 0.15) is 35.8 Å². The van der Waals surface area contributed by atoms with Gasteiger partial charge in [0, 0.05) is 56.6 Å². The van der Waals surface area contributed by atoms with Crippen molar-refractivity contribution in [2.75, 3.05) is 77.5 Å². The minimum Gasteiger partial charge on any atom is -0.508 e. The SMILES string of the molecule is C=CC(=O)N1CCN(c2nc(OCCN3CCC(CN(C)CC(=O)N[C@H](C(=O)N4C[C@H](O)C[C@H]4C(=O)N[C@@H](C)c4ccc(-c5scnc5C)cc4)C(C)(C)C)CC3)nc3c(F)c(-c4cc(O)cc5ccccc45)c(Cl)cc23)C[C@@H]1CC#N. The lowest BCUT2D eigenvalue weighted by Gasteiger charge is -2.41. The zero-order valence-corrected chi connectivity index (χ0v) is 48.8. The van der Waals surface area contributed by atoms with Crippen molar-refractivity contribution in [2.45, 2.75) is 90.6 Å². The summed E-state index contributed by atoms with van der Waals surface area (Å²) in [6.45, 7) is 16.8. The molecule has 432 valence electrons. The molecule has 21 heteroatoms. The van der Waals surface area contributed by atoms with Gasteiger partial charge in [-0.25, -0.2) is 9.37 Å². The number of piperazine rings is 1. The number of aromatic nitrogens is 3. The van der Waals surface area contributed by atoms with Crippen LogP contribution in [0.1, 0.15) is 70.7 Å². The van der Waals surface area contributed by atoms with Crippen molar-refractivity contribution in [1.29, 1.82) is 5.26 Å². The van der Waals surface area contributed by atoms with Crippen LogP contribution in [-0.4, -0.2) is 165 Å². The Kier molecular flexibility index (Phi) is 18.4. The molecule has 0 saturated carbocycles. The number of benzene rings is 4. The van der Waals surface area contributed by atoms with E-state index >= 15 is 4.39 Å². The van der Waals surface area contributed by atoms with Crippen LogP contribution in [0.2, 0.25) is 5.02 Å². The van der Waals surface area contributed by atoms with Crippen LogP contribution in [0.4, 0.5) is 10.2 Å². The fourth-order valence-corrected chi connectivity index (χ4v) is 12.7. The van der Waals surface area contributed by atoms with Crippen LogP contribution in [0, 0.1) is 35.4 Å². The number of ether oxygens (including phenoxy) is 1. The van der Waals surface area contributed by atoms with Crippen LogP contribution in [0.5, 0.6) is 11.8 Å². The van der Waals surface area contributed by atoms with Crippen molar-refractivity contribution in [2.24, 2.45) is 11.3 Å². The highest BCUT2D eigenvalue weighted by molar-refractivity contribution is 7.13. The number of likely N-dealkylation sites (N-methyl/N-ethyl adjacent to an activating group) is 1. The summed E-state index contributed by atoms with van der Waals surface area (Å²) in [5, 5.41) is 39.0. The number of carbonyl (C=O) groups excluding carboxylic acids is 4. The number of halogens is 2. The molecule has 5 atom stereocenters. The van der Waals surface area contributed by atoms with Crippen molar-refractivity contribution >= 4 is 74.1 Å². The van der Waals surface area contributed by atoms with E-state index in [0.29, 0.717) is 47.2 Å². The van der Waals surface area contributed by atoms with Crippen LogP contribution in [-0.2, 0) is 19.2 Å². The van der Waals surface area contributed by atoms with Gasteiger partial charge in [-0.2, -0.15) is 15.2 Å². The number of thiazole rings is 1. The number of phenolic OH excluding ortho intramolecular Hbond substituents is 1. The van der Waals surface area contributed by atoms with Gasteiger partial charge in [-0.3, -0.25) is 29.0 Å². The predicted octanol–water partition coefficient (Wildman–Crippen LogP) is 7.89. The zero-order valence-electron chi connectivity index (χ0n) is 47.2. The molecule has 2 aromatic heterocycles. The standard InChI is InChI=1S/C61H71ClFN11O7S/c1-8-51(78)73-24-23-72(32-42(73)17-20-64)57-47-30-48(62)52(46-28-43(75)27-41-11-9-10-12-45(41)46)53(63)54(47)68-60(69-57)81-26-25-71-21-18-38(19-22-71)31-70(7)34-50(77)67-56(61(4,5)6)59(80)74-33-44(76)29-49(74)58(79)66-36(2)39-13-15-40(16-14-39)55-37(3)65-35-82-55/h8-16,27-28,30,35-36,38,42,44,49,56,75-76H,1,17-19,21-26,29,31-34H2,2-7H3,(H,66,79)(H,67,77)/t36-,42-,44+,49-,56+/m0/s1. The second kappa shape index (κ2) is 25.5. The highest BCUT2D eigenvalue weighted by atomic mass is 35.5. The van der Waals surface area contributed by atoms with Crippen molar-refractivity contribution < 1.29 is 38.5 Å². The molecule has 0 radical (unpaired) electrons. The maximum atomic E-state index is 17.3. The lowest BCUT2D eigenvalue weighted by molar-refractivity contribution is -0.144. The first-order valence-corrected chi connectivity index (χ1v) is 29.1. The number of phenols is 1. The molecule has 0 spiro atoms. The summed E-state index contributed by atoms with van der Waals surface area (Å²) in [5.41, 5.74) is 4.38. The van der Waals surface area contributed by atoms with E-state index in [1.165, 1.54) is 17.0 Å². The zero-order chi connectivity index (χ0) is 58.6. The molecule has 6 aromatic rings. The van der Waals surface area contributed by atoms with Crippen molar-refractivity contribution in [1.82, 2.24) is 45.2 Å². The monoisotopic (exact) mass is 1160 g/mol. The maximum absolute atomic E-state index is 17.3. The molecule has 3 fully saturated rings. The van der Waals surface area contributed by atoms with Crippen LogP contribution in [0.25, 0.3) is 43.2 Å². The first-order valence-electron chi connectivity index (χ1n) is 27.8. The van der Waals surface area contributed by atoms with Gasteiger partial charge in [-0.1, -0.05) is 87.5 Å². The van der Waals surface area contributed by atoms with Crippen LogP contribution in [0.15, 0.2) is 84.9 Å². The summed E-state index contributed by atoms with van der Waals surface area (Å²) in [5.74, 6) is -1.57. The minimum atomic E-state index is -0.960. The molecule has 4 aromatic carbocycles. The average Bonchev–Trinajstić information content (AvgIpc) is 4.17. The molecular formula is C61H71ClFN11O7S. The van der Waals surface area contributed by atoms with E-state index in [4.69, 9.17) is 21.3 Å². The van der Waals surface area contributed by atoms with Gasteiger partial charge >= 0.3 is 6.01 Å². The number of nitrogens with one attached hydrogen (secondary N) is 2. The van der Waals surface area contributed by atoms with E-state index in [1.54, 1.807) is 28.4 Å². The number of carbonyl (C=O) groups is 4. The number of aliphatic hydroxyl groups is 1. The fourth-order valence-electron chi connectivity index (χ4n) is 11.6. The summed E-state index contributed by atoms with van der Waals surface area (Å²) >= 11 is 8.53. The molecule has 3 aliphatic rings. The van der Waals surface area contributed by atoms with Crippen LogP contribution < -0.4 is 20.3 Å². The number of amides is 4. The maximum Gasteiger partial charge on any atom is 0.319 e. The van der Waals surface area contributed by atoms with Gasteiger partial charge < -0.3 is 40.3 Å². The first-order chi connectivity index (χ1) is 39.2. The second-order valence-corrected chi connectivity index (χ2v) is 24.2. The Balaban J connectivity index is 0.807. The van der Waals surface area contributed by atoms with E-state index in [0.717, 1.165) is 47.6 Å². The molecule has 3 saturated heterocycles. The van der Waals surface area contributed by atoms with Crippen LogP contribution >= 0.6 is 22.9 Å². The molecule has 0 aliphatic carbocycles. The Hall–Kier alpha value is -7.28. The number of rotatable bonds is 18. The lowest BCUT2D eigenvalue weighted by atomic mass is 9.85. The molecule has 5 heterocycles. The third-order valence-corrected chi connectivity index (χ3v) is 17.2. The first kappa shape index (κ1) is 59.3. The summed E-state index contributed by atoms with van der Waals surface area (Å²) in [7, 11) is 1.88. The quantitative estimate of drug-likeness (QED) is 0.0602. The number of β-amino-alcohol motifs (C(OH)–C–C–N with tert-alkyl or cyclic N) is 1. The number of likely N-dealkylation sites (tertiary alicyclic amines) is 2. The van der Waals surface area contributed by atoms with Crippen molar-refractivity contribution in [3.8, 4) is 39.4 Å². The molecule has 4 amide bonds. The summed E-state index contributed by atoms with van der Waals surface area (Å²) < 4.78 is 23.5. The molecule has 0 unspecified atom stereocenters. The second-order valence-electron chi connectivity index (χ2n) is 22.9. The van der Waals surface area contributed by atoms with Gasteiger partial charge in [-0.05, 0) is 110 Å². The van der Waals surface area contributed by atoms with E-state index in [1.807, 2.05) is 106 Å². The Morgan fingerprint density at radius 3 is 2.45 bits per heavy atom. The third-order valence-electron chi connectivity index (χ3n) is 15.9. The largest absolute Gasteiger partial charge is 0.508 e. The van der Waals surface area contributed by atoms with E-state index in [2.05, 4.69) is 38.1 Å². The number of aryl methyl sites for hydroxylation is 1. The van der Waals surface area contributed by atoms with Gasteiger partial charge in [0.15, 0.2) is 5.82 Å². The molecule has 18 nitrogen and oxygen atoms in total. The van der Waals surface area contributed by atoms with E-state index < -0.39 is 41.4 Å².